The molecule has 0 saturated carbocycles. The minimum Gasteiger partial charge on any atom is -0.324 e. The van der Waals surface area contributed by atoms with E-state index < -0.39 is 17.5 Å². The highest BCUT2D eigenvalue weighted by Gasteiger charge is 2.11. The molecule has 21 heavy (non-hydrogen) atoms. The van der Waals surface area contributed by atoms with E-state index in [4.69, 9.17) is 0 Å². The van der Waals surface area contributed by atoms with Gasteiger partial charge in [0.25, 0.3) is 0 Å². The first kappa shape index (κ1) is 14.8. The lowest BCUT2D eigenvalue weighted by atomic mass is 10.1. The largest absolute Gasteiger partial charge is 0.324 e. The number of para-hydroxylation sites is 1. The van der Waals surface area contributed by atoms with Crippen LogP contribution in [0.2, 0.25) is 0 Å². The number of hydrogen-bond acceptors (Lipinski definition) is 2. The number of amides is 1. The average Bonchev–Trinajstić information content (AvgIpc) is 2.48. The minimum atomic E-state index is -0.532. The van der Waals surface area contributed by atoms with Crippen LogP contribution in [0.3, 0.4) is 0 Å². The van der Waals surface area contributed by atoms with Crippen LogP contribution >= 0.6 is 0 Å². The van der Waals surface area contributed by atoms with E-state index in [0.717, 1.165) is 0 Å². The highest BCUT2D eigenvalue weighted by atomic mass is 19.1. The Balaban J connectivity index is 1.88. The van der Waals surface area contributed by atoms with Gasteiger partial charge in [0.05, 0.1) is 5.69 Å². The van der Waals surface area contributed by atoms with Gasteiger partial charge in [-0.2, -0.15) is 0 Å². The first-order valence-corrected chi connectivity index (χ1v) is 6.39. The van der Waals surface area contributed by atoms with Crippen molar-refractivity contribution in [3.8, 4) is 0 Å². The van der Waals surface area contributed by atoms with Crippen LogP contribution in [0.5, 0.6) is 0 Å². The minimum absolute atomic E-state index is 0.0219. The molecular weight excluding hydrogens is 276 g/mol. The van der Waals surface area contributed by atoms with Gasteiger partial charge in [-0.3, -0.25) is 9.59 Å². The maximum Gasteiger partial charge on any atom is 0.224 e. The topological polar surface area (TPSA) is 46.2 Å². The lowest BCUT2D eigenvalue weighted by molar-refractivity contribution is -0.116. The lowest BCUT2D eigenvalue weighted by Gasteiger charge is -2.06. The van der Waals surface area contributed by atoms with Crippen LogP contribution in [-0.2, 0) is 4.79 Å². The molecule has 0 unspecified atom stereocenters. The van der Waals surface area contributed by atoms with Crippen molar-refractivity contribution in [3.05, 3.63) is 65.7 Å². The molecule has 0 saturated heterocycles. The van der Waals surface area contributed by atoms with Crippen LogP contribution in [0.1, 0.15) is 23.2 Å². The zero-order valence-corrected chi connectivity index (χ0v) is 11.1. The predicted octanol–water partition coefficient (Wildman–Crippen LogP) is 3.57. The summed E-state index contributed by atoms with van der Waals surface area (Å²) in [6.45, 7) is 0. The molecule has 2 rings (SSSR count). The molecule has 5 heteroatoms. The predicted molar refractivity (Wildman–Crippen MR) is 75.0 cm³/mol. The number of hydrogen-bond donors (Lipinski definition) is 1. The van der Waals surface area contributed by atoms with Crippen LogP contribution in [0, 0.1) is 11.6 Å². The normalized spacial score (nSPS) is 10.2. The third kappa shape index (κ3) is 4.21. The zero-order valence-electron chi connectivity index (χ0n) is 11.1. The number of benzene rings is 2. The van der Waals surface area contributed by atoms with Gasteiger partial charge in [0, 0.05) is 18.4 Å². The maximum atomic E-state index is 13.3. The molecule has 0 aliphatic carbocycles. The first-order valence-electron chi connectivity index (χ1n) is 6.39. The number of Topliss-reactive ketones (excluding diaryl/α,β-unsaturated/α-hetero) is 1. The Hall–Kier alpha value is -2.56. The van der Waals surface area contributed by atoms with E-state index in [2.05, 4.69) is 5.32 Å². The molecule has 0 bridgehead atoms. The molecule has 0 aromatic heterocycles. The summed E-state index contributed by atoms with van der Waals surface area (Å²) in [6, 6.07) is 10.9. The number of anilines is 1. The monoisotopic (exact) mass is 289 g/mol. The van der Waals surface area contributed by atoms with E-state index in [0.29, 0.717) is 5.56 Å². The van der Waals surface area contributed by atoms with E-state index in [1.165, 1.54) is 42.5 Å². The standard InChI is InChI=1S/C16H13F2NO2/c17-12-7-5-11(6-8-12)15(20)9-10-16(21)19-14-4-2-1-3-13(14)18/h1-8H,9-10H2,(H,19,21). The fourth-order valence-electron chi connectivity index (χ4n) is 1.78. The van der Waals surface area contributed by atoms with Crippen molar-refractivity contribution in [2.45, 2.75) is 12.8 Å². The Bertz CT molecular complexity index is 654. The van der Waals surface area contributed by atoms with Gasteiger partial charge in [-0.25, -0.2) is 8.78 Å². The third-order valence-corrected chi connectivity index (χ3v) is 2.89. The maximum absolute atomic E-state index is 13.3. The van der Waals surface area contributed by atoms with Crippen molar-refractivity contribution >= 4 is 17.4 Å². The van der Waals surface area contributed by atoms with Crippen LogP contribution < -0.4 is 5.32 Å². The Kier molecular flexibility index (Phi) is 4.77. The van der Waals surface area contributed by atoms with Crippen molar-refractivity contribution in [1.82, 2.24) is 0 Å². The van der Waals surface area contributed by atoms with Gasteiger partial charge in [-0.05, 0) is 36.4 Å². The molecule has 0 atom stereocenters. The number of nitrogens with one attached hydrogen (secondary N) is 1. The van der Waals surface area contributed by atoms with Gasteiger partial charge in [0.15, 0.2) is 5.78 Å². The molecule has 0 aliphatic heterocycles. The molecular formula is C16H13F2NO2. The first-order chi connectivity index (χ1) is 10.1. The molecule has 108 valence electrons. The van der Waals surface area contributed by atoms with E-state index in [-0.39, 0.29) is 24.3 Å². The highest BCUT2D eigenvalue weighted by Crippen LogP contribution is 2.13. The van der Waals surface area contributed by atoms with Crippen molar-refractivity contribution < 1.29 is 18.4 Å². The molecule has 0 aliphatic rings. The Labute approximate surface area is 120 Å². The molecule has 2 aromatic rings. The van der Waals surface area contributed by atoms with Crippen LogP contribution in [0.15, 0.2) is 48.5 Å². The summed E-state index contributed by atoms with van der Waals surface area (Å²) >= 11 is 0. The second-order valence-electron chi connectivity index (χ2n) is 4.46. The summed E-state index contributed by atoms with van der Waals surface area (Å²) in [4.78, 5) is 23.5. The zero-order chi connectivity index (χ0) is 15.2. The van der Waals surface area contributed by atoms with E-state index >= 15 is 0 Å². The number of halogens is 2. The molecule has 0 radical (unpaired) electrons. The summed E-state index contributed by atoms with van der Waals surface area (Å²) in [5.74, 6) is -1.67. The summed E-state index contributed by atoms with van der Waals surface area (Å²) in [5, 5.41) is 2.40. The Morgan fingerprint density at radius 3 is 2.24 bits per heavy atom. The van der Waals surface area contributed by atoms with Gasteiger partial charge < -0.3 is 5.32 Å². The number of carbonyl (C=O) groups excluding carboxylic acids is 2. The van der Waals surface area contributed by atoms with Gasteiger partial charge in [-0.1, -0.05) is 12.1 Å². The fraction of sp³-hybridized carbons (Fsp3) is 0.125. The lowest BCUT2D eigenvalue weighted by Crippen LogP contribution is -2.14. The quantitative estimate of drug-likeness (QED) is 0.855. The van der Waals surface area contributed by atoms with Crippen molar-refractivity contribution in [1.29, 1.82) is 0 Å². The summed E-state index contributed by atoms with van der Waals surface area (Å²) in [5.41, 5.74) is 0.423. The molecule has 1 amide bonds. The molecule has 1 N–H and O–H groups in total. The summed E-state index contributed by atoms with van der Waals surface area (Å²) < 4.78 is 26.1. The van der Waals surface area contributed by atoms with Gasteiger partial charge >= 0.3 is 0 Å². The van der Waals surface area contributed by atoms with E-state index in [9.17, 15) is 18.4 Å². The molecule has 3 nitrogen and oxygen atoms in total. The number of carbonyl (C=O) groups is 2. The highest BCUT2D eigenvalue weighted by molar-refractivity contribution is 5.99. The van der Waals surface area contributed by atoms with Crippen molar-refractivity contribution in [2.24, 2.45) is 0 Å². The van der Waals surface area contributed by atoms with Gasteiger partial charge in [-0.15, -0.1) is 0 Å². The van der Waals surface area contributed by atoms with E-state index in [1.54, 1.807) is 6.07 Å². The van der Waals surface area contributed by atoms with Crippen molar-refractivity contribution in [3.63, 3.8) is 0 Å². The molecule has 0 heterocycles. The van der Waals surface area contributed by atoms with Crippen molar-refractivity contribution in [2.75, 3.05) is 5.32 Å². The van der Waals surface area contributed by atoms with Crippen LogP contribution in [0.25, 0.3) is 0 Å². The van der Waals surface area contributed by atoms with Crippen LogP contribution in [0.4, 0.5) is 14.5 Å². The van der Waals surface area contributed by atoms with Gasteiger partial charge in [0.1, 0.15) is 11.6 Å². The van der Waals surface area contributed by atoms with E-state index in [1.807, 2.05) is 0 Å². The summed E-state index contributed by atoms with van der Waals surface area (Å²) in [7, 11) is 0. The Morgan fingerprint density at radius 2 is 1.57 bits per heavy atom. The summed E-state index contributed by atoms with van der Waals surface area (Å²) in [6.07, 6.45) is -0.0868. The number of ketones is 1. The SMILES string of the molecule is O=C(CCC(=O)c1ccc(F)cc1)Nc1ccccc1F. The fourth-order valence-corrected chi connectivity index (χ4v) is 1.78. The Morgan fingerprint density at radius 1 is 0.905 bits per heavy atom. The van der Waals surface area contributed by atoms with Crippen LogP contribution in [-0.4, -0.2) is 11.7 Å². The second-order valence-corrected chi connectivity index (χ2v) is 4.46. The smallest absolute Gasteiger partial charge is 0.224 e. The molecule has 2 aromatic carbocycles. The average molecular weight is 289 g/mol. The van der Waals surface area contributed by atoms with Gasteiger partial charge in [0.2, 0.25) is 5.91 Å². The molecule has 0 spiro atoms. The second kappa shape index (κ2) is 6.74. The number of rotatable bonds is 5. The third-order valence-electron chi connectivity index (χ3n) is 2.89. The molecule has 0 fully saturated rings.